The highest BCUT2D eigenvalue weighted by atomic mass is 35.5. The second-order valence-corrected chi connectivity index (χ2v) is 12.9. The minimum atomic E-state index is -4.29. The largest absolute Gasteiger partial charge is 0.497 e. The molecular weight excluding hydrogens is 613 g/mol. The van der Waals surface area contributed by atoms with Crippen LogP contribution in [-0.2, 0) is 26.2 Å². The first-order chi connectivity index (χ1) is 20.4. The zero-order valence-corrected chi connectivity index (χ0v) is 27.2. The van der Waals surface area contributed by atoms with E-state index >= 15 is 0 Å². The molecule has 3 aromatic rings. The van der Waals surface area contributed by atoms with Crippen LogP contribution in [0.2, 0.25) is 10.0 Å². The summed E-state index contributed by atoms with van der Waals surface area (Å²) in [5.74, 6) is -0.0153. The number of amides is 2. The smallest absolute Gasteiger partial charge is 0.264 e. The minimum absolute atomic E-state index is 0.00826. The first-order valence-electron chi connectivity index (χ1n) is 13.7. The maximum absolute atomic E-state index is 14.2. The fraction of sp³-hybridized carbons (Fsp3) is 0.355. The average molecular weight is 651 g/mol. The van der Waals surface area contributed by atoms with Crippen molar-refractivity contribution in [1.82, 2.24) is 10.2 Å². The van der Waals surface area contributed by atoms with Crippen molar-refractivity contribution in [3.63, 3.8) is 0 Å². The number of carbonyl (C=O) groups is 2. The fourth-order valence-electron chi connectivity index (χ4n) is 4.40. The molecule has 232 valence electrons. The van der Waals surface area contributed by atoms with Crippen molar-refractivity contribution in [2.24, 2.45) is 5.92 Å². The first-order valence-corrected chi connectivity index (χ1v) is 15.9. The van der Waals surface area contributed by atoms with Gasteiger partial charge >= 0.3 is 0 Å². The molecule has 0 aromatic heterocycles. The van der Waals surface area contributed by atoms with Gasteiger partial charge in [-0.3, -0.25) is 13.9 Å². The van der Waals surface area contributed by atoms with E-state index in [0.717, 1.165) is 4.31 Å². The molecule has 0 aliphatic rings. The topological polar surface area (TPSA) is 105 Å². The third-order valence-electron chi connectivity index (χ3n) is 6.69. The number of anilines is 1. The van der Waals surface area contributed by atoms with Crippen molar-refractivity contribution in [3.05, 3.63) is 82.3 Å². The molecule has 2 amide bonds. The summed E-state index contributed by atoms with van der Waals surface area (Å²) in [6, 6.07) is 16.4. The summed E-state index contributed by atoms with van der Waals surface area (Å²) in [7, 11) is -1.39. The van der Waals surface area contributed by atoms with E-state index in [-0.39, 0.29) is 41.1 Å². The number of halogens is 2. The molecule has 0 spiro atoms. The lowest BCUT2D eigenvalue weighted by Crippen LogP contribution is -2.52. The van der Waals surface area contributed by atoms with Gasteiger partial charge in [0.2, 0.25) is 11.8 Å². The van der Waals surface area contributed by atoms with Crippen LogP contribution in [-0.4, -0.2) is 58.5 Å². The second kappa shape index (κ2) is 15.3. The van der Waals surface area contributed by atoms with Crippen molar-refractivity contribution in [2.45, 2.75) is 44.7 Å². The van der Waals surface area contributed by atoms with Gasteiger partial charge in [0.1, 0.15) is 24.1 Å². The number of ether oxygens (including phenoxy) is 2. The molecule has 0 unspecified atom stereocenters. The zero-order valence-electron chi connectivity index (χ0n) is 24.8. The molecule has 43 heavy (non-hydrogen) atoms. The lowest BCUT2D eigenvalue weighted by atomic mass is 10.1. The molecule has 0 aliphatic heterocycles. The summed E-state index contributed by atoms with van der Waals surface area (Å²) in [5.41, 5.74) is 0.792. The van der Waals surface area contributed by atoms with Crippen LogP contribution in [0.1, 0.15) is 32.8 Å². The summed E-state index contributed by atoms with van der Waals surface area (Å²) in [6.45, 7) is 5.53. The van der Waals surface area contributed by atoms with E-state index in [4.69, 9.17) is 32.7 Å². The Labute approximate surface area is 263 Å². The van der Waals surface area contributed by atoms with E-state index in [2.05, 4.69) is 5.32 Å². The summed E-state index contributed by atoms with van der Waals surface area (Å²) in [6.07, 6.45) is 0.289. The molecule has 3 aromatic carbocycles. The Morgan fingerprint density at radius 1 is 0.930 bits per heavy atom. The number of hydrogen-bond donors (Lipinski definition) is 1. The molecule has 1 N–H and O–H groups in total. The number of sulfonamides is 1. The molecule has 3 rings (SSSR count). The van der Waals surface area contributed by atoms with Crippen LogP contribution in [0, 0.1) is 5.92 Å². The van der Waals surface area contributed by atoms with Gasteiger partial charge in [0.25, 0.3) is 10.0 Å². The van der Waals surface area contributed by atoms with Gasteiger partial charge in [-0.05, 0) is 66.4 Å². The molecule has 0 saturated carbocycles. The second-order valence-electron chi connectivity index (χ2n) is 10.2. The first kappa shape index (κ1) is 34.0. The highest BCUT2D eigenvalue weighted by Crippen LogP contribution is 2.33. The SMILES string of the molecule is CC[C@H](C(=O)NCC(C)C)N(Cc1ccc(Cl)c(Cl)c1)C(=O)CN(c1ccccc1OC)S(=O)(=O)c1ccc(OC)cc1. The summed E-state index contributed by atoms with van der Waals surface area (Å²) in [5, 5.41) is 3.54. The highest BCUT2D eigenvalue weighted by Gasteiger charge is 2.34. The molecule has 9 nitrogen and oxygen atoms in total. The van der Waals surface area contributed by atoms with Crippen LogP contribution in [0.25, 0.3) is 0 Å². The zero-order chi connectivity index (χ0) is 31.7. The van der Waals surface area contributed by atoms with Crippen molar-refractivity contribution >= 4 is 50.7 Å². The van der Waals surface area contributed by atoms with E-state index in [1.165, 1.54) is 43.4 Å². The number of nitrogens with zero attached hydrogens (tertiary/aromatic N) is 2. The number of para-hydroxylation sites is 2. The van der Waals surface area contributed by atoms with Gasteiger partial charge in [0, 0.05) is 13.1 Å². The molecule has 0 bridgehead atoms. The van der Waals surface area contributed by atoms with Gasteiger partial charge in [-0.25, -0.2) is 8.42 Å². The van der Waals surface area contributed by atoms with Crippen LogP contribution in [0.15, 0.2) is 71.6 Å². The number of rotatable bonds is 14. The van der Waals surface area contributed by atoms with Crippen molar-refractivity contribution < 1.29 is 27.5 Å². The molecule has 12 heteroatoms. The van der Waals surface area contributed by atoms with Gasteiger partial charge in [0.15, 0.2) is 0 Å². The van der Waals surface area contributed by atoms with Crippen LogP contribution >= 0.6 is 23.2 Å². The van der Waals surface area contributed by atoms with Crippen LogP contribution < -0.4 is 19.1 Å². The van der Waals surface area contributed by atoms with E-state index in [0.29, 0.717) is 27.9 Å². The predicted molar refractivity (Wildman–Crippen MR) is 169 cm³/mol. The Morgan fingerprint density at radius 3 is 2.19 bits per heavy atom. The molecular formula is C31H37Cl2N3O6S. The number of methoxy groups -OCH3 is 2. The van der Waals surface area contributed by atoms with Crippen molar-refractivity contribution in [1.29, 1.82) is 0 Å². The summed E-state index contributed by atoms with van der Waals surface area (Å²) in [4.78, 5) is 28.9. The molecule has 0 fully saturated rings. The van der Waals surface area contributed by atoms with E-state index < -0.39 is 28.5 Å². The van der Waals surface area contributed by atoms with Gasteiger partial charge < -0.3 is 19.7 Å². The Balaban J connectivity index is 2.10. The lowest BCUT2D eigenvalue weighted by Gasteiger charge is -2.33. The molecule has 0 radical (unpaired) electrons. The highest BCUT2D eigenvalue weighted by molar-refractivity contribution is 7.92. The van der Waals surface area contributed by atoms with Crippen LogP contribution in [0.3, 0.4) is 0 Å². The van der Waals surface area contributed by atoms with Crippen molar-refractivity contribution in [3.8, 4) is 11.5 Å². The third-order valence-corrected chi connectivity index (χ3v) is 9.20. The standard InChI is InChI=1S/C31H37Cl2N3O6S/c1-6-27(31(38)34-18-21(2)3)35(19-22-11-16-25(32)26(33)17-22)30(37)20-36(28-9-7-8-10-29(28)42-5)43(39,40)24-14-12-23(41-4)13-15-24/h7-17,21,27H,6,18-20H2,1-5H3,(H,34,38)/t27-/m1/s1. The number of nitrogens with one attached hydrogen (secondary N) is 1. The van der Waals surface area contributed by atoms with Crippen molar-refractivity contribution in [2.75, 3.05) is 31.6 Å². The number of carbonyl (C=O) groups excluding carboxylic acids is 2. The quantitative estimate of drug-likeness (QED) is 0.237. The average Bonchev–Trinajstić information content (AvgIpc) is 3.00. The Kier molecular flexibility index (Phi) is 12.1. The predicted octanol–water partition coefficient (Wildman–Crippen LogP) is 5.79. The summed E-state index contributed by atoms with van der Waals surface area (Å²) >= 11 is 12.4. The maximum Gasteiger partial charge on any atom is 0.264 e. The molecule has 0 heterocycles. The molecule has 0 saturated heterocycles. The Bertz CT molecular complexity index is 1520. The number of hydrogen-bond acceptors (Lipinski definition) is 6. The van der Waals surface area contributed by atoms with E-state index in [1.807, 2.05) is 13.8 Å². The Morgan fingerprint density at radius 2 is 1.60 bits per heavy atom. The normalized spacial score (nSPS) is 12.0. The minimum Gasteiger partial charge on any atom is -0.497 e. The van der Waals surface area contributed by atoms with Gasteiger partial charge in [-0.15, -0.1) is 0 Å². The Hall–Kier alpha value is -3.47. The molecule has 0 aliphatic carbocycles. The third kappa shape index (κ3) is 8.55. The van der Waals surface area contributed by atoms with Crippen LogP contribution in [0.4, 0.5) is 5.69 Å². The fourth-order valence-corrected chi connectivity index (χ4v) is 6.15. The monoisotopic (exact) mass is 649 g/mol. The van der Waals surface area contributed by atoms with Gasteiger partial charge in [0.05, 0.1) is 34.8 Å². The van der Waals surface area contributed by atoms with Gasteiger partial charge in [-0.2, -0.15) is 0 Å². The summed E-state index contributed by atoms with van der Waals surface area (Å²) < 4.78 is 39.8. The lowest BCUT2D eigenvalue weighted by molar-refractivity contribution is -0.140. The maximum atomic E-state index is 14.2. The molecule has 1 atom stereocenters. The van der Waals surface area contributed by atoms with E-state index in [9.17, 15) is 18.0 Å². The number of benzene rings is 3. The van der Waals surface area contributed by atoms with E-state index in [1.54, 1.807) is 49.4 Å². The van der Waals surface area contributed by atoms with Gasteiger partial charge in [-0.1, -0.05) is 62.2 Å². The van der Waals surface area contributed by atoms with Crippen LogP contribution in [0.5, 0.6) is 11.5 Å².